The molecule has 0 radical (unpaired) electrons. The second kappa shape index (κ2) is 4.04. The van der Waals surface area contributed by atoms with Gasteiger partial charge in [0.05, 0.1) is 12.4 Å². The number of carboxylic acid groups (broad SMARTS) is 1. The van der Waals surface area contributed by atoms with Crippen LogP contribution in [-0.2, 0) is 0 Å². The summed E-state index contributed by atoms with van der Waals surface area (Å²) in [6.45, 7) is 3.99. The molecule has 0 spiro atoms. The Morgan fingerprint density at radius 3 is 2.64 bits per heavy atom. The smallest absolute Gasteiger partial charge is 0.356 e. The zero-order valence-electron chi connectivity index (χ0n) is 8.43. The summed E-state index contributed by atoms with van der Waals surface area (Å²) in [5, 5.41) is 8.71. The lowest BCUT2D eigenvalue weighted by atomic mass is 10.3. The Morgan fingerprint density at radius 2 is 2.14 bits per heavy atom. The van der Waals surface area contributed by atoms with Gasteiger partial charge in [-0.05, 0) is 13.8 Å². The van der Waals surface area contributed by atoms with Gasteiger partial charge in [-0.15, -0.1) is 0 Å². The molecule has 1 aromatic heterocycles. The second-order valence-corrected chi connectivity index (χ2v) is 3.27. The number of hydrogen-bond donors (Lipinski definition) is 1. The molecule has 1 heterocycles. The van der Waals surface area contributed by atoms with E-state index in [0.717, 1.165) is 0 Å². The Kier molecular flexibility index (Phi) is 3.01. The third-order valence-corrected chi connectivity index (χ3v) is 1.98. The van der Waals surface area contributed by atoms with Crippen molar-refractivity contribution in [1.29, 1.82) is 0 Å². The van der Waals surface area contributed by atoms with Gasteiger partial charge in [0, 0.05) is 13.1 Å². The molecule has 1 aromatic rings. The number of nitrogens with zero attached hydrogens (tertiary/aromatic N) is 3. The Hall–Kier alpha value is -1.65. The molecule has 0 amide bonds. The molecule has 0 aliphatic heterocycles. The van der Waals surface area contributed by atoms with Crippen LogP contribution in [0.25, 0.3) is 0 Å². The van der Waals surface area contributed by atoms with E-state index < -0.39 is 5.97 Å². The van der Waals surface area contributed by atoms with Crippen molar-refractivity contribution in [2.45, 2.75) is 19.9 Å². The quantitative estimate of drug-likeness (QED) is 0.780. The highest BCUT2D eigenvalue weighted by Crippen LogP contribution is 2.10. The van der Waals surface area contributed by atoms with Crippen LogP contribution in [0.3, 0.4) is 0 Å². The molecule has 76 valence electrons. The first-order valence-electron chi connectivity index (χ1n) is 4.30. The molecule has 0 fully saturated rings. The van der Waals surface area contributed by atoms with Crippen molar-refractivity contribution in [3.05, 3.63) is 18.1 Å². The Morgan fingerprint density at radius 1 is 1.50 bits per heavy atom. The fourth-order valence-electron chi connectivity index (χ4n) is 0.893. The fraction of sp³-hybridized carbons (Fsp3) is 0.444. The highest BCUT2D eigenvalue weighted by Gasteiger charge is 2.10. The minimum absolute atomic E-state index is 0.0324. The first kappa shape index (κ1) is 10.4. The summed E-state index contributed by atoms with van der Waals surface area (Å²) < 4.78 is 0. The second-order valence-electron chi connectivity index (χ2n) is 3.27. The number of anilines is 1. The van der Waals surface area contributed by atoms with Crippen LogP contribution in [0.4, 0.5) is 5.82 Å². The van der Waals surface area contributed by atoms with Gasteiger partial charge in [-0.3, -0.25) is 4.98 Å². The van der Waals surface area contributed by atoms with E-state index in [1.807, 2.05) is 25.8 Å². The highest BCUT2D eigenvalue weighted by molar-refractivity contribution is 5.85. The van der Waals surface area contributed by atoms with Gasteiger partial charge in [-0.25, -0.2) is 9.78 Å². The van der Waals surface area contributed by atoms with Crippen molar-refractivity contribution in [1.82, 2.24) is 9.97 Å². The minimum Gasteiger partial charge on any atom is -0.476 e. The van der Waals surface area contributed by atoms with E-state index in [1.165, 1.54) is 6.20 Å². The van der Waals surface area contributed by atoms with Gasteiger partial charge in [0.15, 0.2) is 5.69 Å². The molecule has 0 aromatic carbocycles. The van der Waals surface area contributed by atoms with E-state index in [1.54, 1.807) is 6.20 Å². The molecule has 0 unspecified atom stereocenters. The molecular formula is C9H13N3O2. The van der Waals surface area contributed by atoms with E-state index in [4.69, 9.17) is 5.11 Å². The lowest BCUT2D eigenvalue weighted by Crippen LogP contribution is -2.27. The summed E-state index contributed by atoms with van der Waals surface area (Å²) >= 11 is 0. The topological polar surface area (TPSA) is 66.3 Å². The van der Waals surface area contributed by atoms with E-state index in [0.29, 0.717) is 5.82 Å². The molecule has 5 nitrogen and oxygen atoms in total. The van der Waals surface area contributed by atoms with Crippen molar-refractivity contribution in [3.63, 3.8) is 0 Å². The van der Waals surface area contributed by atoms with Crippen LogP contribution in [0, 0.1) is 0 Å². The van der Waals surface area contributed by atoms with Crippen molar-refractivity contribution >= 4 is 11.8 Å². The van der Waals surface area contributed by atoms with Gasteiger partial charge in [0.25, 0.3) is 0 Å². The molecular weight excluding hydrogens is 182 g/mol. The molecule has 0 aliphatic rings. The average Bonchev–Trinajstić information content (AvgIpc) is 2.16. The SMILES string of the molecule is CC(C)N(C)c1cncc(C(=O)O)n1. The number of aromatic nitrogens is 2. The predicted octanol–water partition coefficient (Wildman–Crippen LogP) is 1.02. The third-order valence-electron chi connectivity index (χ3n) is 1.98. The molecule has 14 heavy (non-hydrogen) atoms. The molecule has 0 bridgehead atoms. The van der Waals surface area contributed by atoms with E-state index in [2.05, 4.69) is 9.97 Å². The largest absolute Gasteiger partial charge is 0.476 e. The maximum absolute atomic E-state index is 10.6. The summed E-state index contributed by atoms with van der Waals surface area (Å²) in [6, 6.07) is 0.258. The van der Waals surface area contributed by atoms with Crippen LogP contribution in [0.15, 0.2) is 12.4 Å². The summed E-state index contributed by atoms with van der Waals surface area (Å²) in [5.41, 5.74) is -0.0324. The molecule has 0 aliphatic carbocycles. The van der Waals surface area contributed by atoms with Gasteiger partial charge in [-0.1, -0.05) is 0 Å². The number of carboxylic acids is 1. The van der Waals surface area contributed by atoms with Crippen LogP contribution in [0.5, 0.6) is 0 Å². The van der Waals surface area contributed by atoms with Gasteiger partial charge < -0.3 is 10.0 Å². The van der Waals surface area contributed by atoms with Crippen LogP contribution < -0.4 is 4.90 Å². The third kappa shape index (κ3) is 2.18. The lowest BCUT2D eigenvalue weighted by molar-refractivity contribution is 0.0690. The van der Waals surface area contributed by atoms with Crippen LogP contribution in [0.1, 0.15) is 24.3 Å². The molecule has 0 saturated heterocycles. The van der Waals surface area contributed by atoms with Crippen molar-refractivity contribution in [2.75, 3.05) is 11.9 Å². The maximum Gasteiger partial charge on any atom is 0.356 e. The Bertz CT molecular complexity index is 339. The summed E-state index contributed by atoms with van der Waals surface area (Å²) in [6.07, 6.45) is 2.78. The van der Waals surface area contributed by atoms with Crippen LogP contribution in [0.2, 0.25) is 0 Å². The first-order chi connectivity index (χ1) is 6.52. The average molecular weight is 195 g/mol. The normalized spacial score (nSPS) is 10.3. The van der Waals surface area contributed by atoms with Gasteiger partial charge in [-0.2, -0.15) is 0 Å². The van der Waals surface area contributed by atoms with Crippen LogP contribution >= 0.6 is 0 Å². The molecule has 0 saturated carbocycles. The van der Waals surface area contributed by atoms with E-state index >= 15 is 0 Å². The Labute approximate surface area is 82.4 Å². The first-order valence-corrected chi connectivity index (χ1v) is 4.30. The highest BCUT2D eigenvalue weighted by atomic mass is 16.4. The van der Waals surface area contributed by atoms with Crippen molar-refractivity contribution < 1.29 is 9.90 Å². The number of rotatable bonds is 3. The number of aromatic carboxylic acids is 1. The lowest BCUT2D eigenvalue weighted by Gasteiger charge is -2.21. The summed E-state index contributed by atoms with van der Waals surface area (Å²) in [5.74, 6) is -0.489. The van der Waals surface area contributed by atoms with Crippen molar-refractivity contribution in [2.24, 2.45) is 0 Å². The summed E-state index contributed by atoms with van der Waals surface area (Å²) in [4.78, 5) is 20.3. The molecule has 1 rings (SSSR count). The standard InChI is InChI=1S/C9H13N3O2/c1-6(2)12(3)8-5-10-4-7(11-8)9(13)14/h4-6H,1-3H3,(H,13,14). The van der Waals surface area contributed by atoms with Gasteiger partial charge in [0.2, 0.25) is 0 Å². The van der Waals surface area contributed by atoms with Crippen LogP contribution in [-0.4, -0.2) is 34.1 Å². The van der Waals surface area contributed by atoms with Gasteiger partial charge in [0.1, 0.15) is 5.82 Å². The zero-order chi connectivity index (χ0) is 10.7. The van der Waals surface area contributed by atoms with Crippen molar-refractivity contribution in [3.8, 4) is 0 Å². The zero-order valence-corrected chi connectivity index (χ0v) is 8.43. The summed E-state index contributed by atoms with van der Waals surface area (Å²) in [7, 11) is 1.85. The fourth-order valence-corrected chi connectivity index (χ4v) is 0.893. The number of hydrogen-bond acceptors (Lipinski definition) is 4. The van der Waals surface area contributed by atoms with E-state index in [-0.39, 0.29) is 11.7 Å². The predicted molar refractivity (Wildman–Crippen MR) is 52.5 cm³/mol. The monoisotopic (exact) mass is 195 g/mol. The Balaban J connectivity index is 2.99. The molecule has 5 heteroatoms. The number of carbonyl (C=O) groups is 1. The van der Waals surface area contributed by atoms with Gasteiger partial charge >= 0.3 is 5.97 Å². The molecule has 0 atom stereocenters. The molecule has 1 N–H and O–H groups in total. The van der Waals surface area contributed by atoms with E-state index in [9.17, 15) is 4.79 Å². The minimum atomic E-state index is -1.06. The maximum atomic E-state index is 10.6.